The highest BCUT2D eigenvalue weighted by Gasteiger charge is 2.38. The Morgan fingerprint density at radius 2 is 1.82 bits per heavy atom. The van der Waals surface area contributed by atoms with E-state index in [0.717, 1.165) is 18.2 Å². The summed E-state index contributed by atoms with van der Waals surface area (Å²) in [5, 5.41) is 12.3. The van der Waals surface area contributed by atoms with E-state index in [-0.39, 0.29) is 42.1 Å². The zero-order valence-corrected chi connectivity index (χ0v) is 22.2. The number of aliphatic hydroxyl groups excluding tert-OH is 1. The molecule has 0 saturated heterocycles. The van der Waals surface area contributed by atoms with Crippen molar-refractivity contribution in [2.75, 3.05) is 13.2 Å². The summed E-state index contributed by atoms with van der Waals surface area (Å²) in [6.45, 7) is 9.98. The van der Waals surface area contributed by atoms with Gasteiger partial charge in [0.1, 0.15) is 23.5 Å². The molecule has 0 aliphatic rings. The summed E-state index contributed by atoms with van der Waals surface area (Å²) in [4.78, 5) is 24.9. The van der Waals surface area contributed by atoms with Crippen LogP contribution in [0.5, 0.6) is 5.75 Å². The van der Waals surface area contributed by atoms with E-state index in [2.05, 4.69) is 18.5 Å². The lowest BCUT2D eigenvalue weighted by molar-refractivity contribution is -0.144. The van der Waals surface area contributed by atoms with Gasteiger partial charge in [0.2, 0.25) is 5.91 Å². The van der Waals surface area contributed by atoms with Crippen LogP contribution in [0.25, 0.3) is 11.1 Å². The molecule has 0 saturated carbocycles. The summed E-state index contributed by atoms with van der Waals surface area (Å²) in [6.07, 6.45) is -3.79. The fraction of sp³-hybridized carbons (Fsp3) is 0.379. The molecular weight excluding hydrogens is 537 g/mol. The van der Waals surface area contributed by atoms with Crippen LogP contribution in [0.4, 0.5) is 22.0 Å². The lowest BCUT2D eigenvalue weighted by atomic mass is 9.91. The van der Waals surface area contributed by atoms with E-state index < -0.39 is 59.4 Å². The number of allylic oxidation sites excluding steroid dienone is 1. The second kappa shape index (κ2) is 14.6. The highest BCUT2D eigenvalue weighted by atomic mass is 19.4. The number of hydrogen-bond donors (Lipinski definition) is 2. The van der Waals surface area contributed by atoms with E-state index in [1.807, 2.05) is 0 Å². The molecule has 6 nitrogen and oxygen atoms in total. The summed E-state index contributed by atoms with van der Waals surface area (Å²) in [5.74, 6) is -4.47. The first-order valence-electron chi connectivity index (χ1n) is 12.5. The number of amides is 1. The number of carbonyl (C=O) groups excluding carboxylic acids is 2. The molecule has 0 spiro atoms. The van der Waals surface area contributed by atoms with Crippen molar-refractivity contribution in [1.82, 2.24) is 5.32 Å². The van der Waals surface area contributed by atoms with Crippen molar-refractivity contribution in [2.24, 2.45) is 0 Å². The maximum atomic E-state index is 15.5. The van der Waals surface area contributed by atoms with Gasteiger partial charge in [0.05, 0.1) is 31.2 Å². The number of nitrogens with one attached hydrogen (secondary N) is 1. The molecule has 218 valence electrons. The van der Waals surface area contributed by atoms with Gasteiger partial charge in [-0.05, 0) is 56.0 Å². The van der Waals surface area contributed by atoms with Gasteiger partial charge in [0.25, 0.3) is 0 Å². The fourth-order valence-corrected chi connectivity index (χ4v) is 4.02. The molecule has 0 aliphatic heterocycles. The lowest BCUT2D eigenvalue weighted by Crippen LogP contribution is -2.38. The van der Waals surface area contributed by atoms with Crippen molar-refractivity contribution >= 4 is 11.9 Å². The molecule has 0 bridgehead atoms. The minimum atomic E-state index is -5.17. The molecular formula is C29H32F5NO5. The lowest BCUT2D eigenvalue weighted by Gasteiger charge is -2.24. The number of rotatable bonds is 14. The van der Waals surface area contributed by atoms with E-state index in [9.17, 15) is 32.3 Å². The summed E-state index contributed by atoms with van der Waals surface area (Å²) in [5.41, 5.74) is -2.26. The number of carbonyl (C=O) groups is 2. The van der Waals surface area contributed by atoms with Gasteiger partial charge >= 0.3 is 12.1 Å². The van der Waals surface area contributed by atoms with Crippen LogP contribution in [0.1, 0.15) is 55.3 Å². The first kappa shape index (κ1) is 32.5. The van der Waals surface area contributed by atoms with Gasteiger partial charge in [-0.25, -0.2) is 8.78 Å². The Balaban J connectivity index is 2.77. The maximum absolute atomic E-state index is 15.5. The minimum Gasteiger partial charge on any atom is -0.493 e. The van der Waals surface area contributed by atoms with Crippen molar-refractivity contribution in [1.29, 1.82) is 0 Å². The van der Waals surface area contributed by atoms with Gasteiger partial charge < -0.3 is 19.9 Å². The maximum Gasteiger partial charge on any atom is 0.419 e. The molecule has 0 radical (unpaired) electrons. The zero-order valence-electron chi connectivity index (χ0n) is 22.2. The molecule has 40 heavy (non-hydrogen) atoms. The smallest absolute Gasteiger partial charge is 0.419 e. The second-order valence-electron chi connectivity index (χ2n) is 8.91. The first-order chi connectivity index (χ1) is 18.8. The number of benzene rings is 2. The highest BCUT2D eigenvalue weighted by Crippen LogP contribution is 2.42. The summed E-state index contributed by atoms with van der Waals surface area (Å²) in [6, 6.07) is 2.04. The van der Waals surface area contributed by atoms with E-state index >= 15 is 4.39 Å². The van der Waals surface area contributed by atoms with Crippen molar-refractivity contribution in [3.8, 4) is 16.9 Å². The van der Waals surface area contributed by atoms with E-state index in [0.29, 0.717) is 18.9 Å². The third-order valence-electron chi connectivity index (χ3n) is 5.83. The fourth-order valence-electron chi connectivity index (χ4n) is 4.02. The Morgan fingerprint density at radius 1 is 1.12 bits per heavy atom. The third-order valence-corrected chi connectivity index (χ3v) is 5.83. The molecule has 0 aliphatic carbocycles. The Hall–Kier alpha value is -3.73. The van der Waals surface area contributed by atoms with Gasteiger partial charge in [-0.15, -0.1) is 13.2 Å². The van der Waals surface area contributed by atoms with Gasteiger partial charge in [0, 0.05) is 23.6 Å². The number of aliphatic hydroxyl groups is 1. The van der Waals surface area contributed by atoms with Gasteiger partial charge in [0.15, 0.2) is 0 Å². The van der Waals surface area contributed by atoms with E-state index in [1.165, 1.54) is 19.9 Å². The van der Waals surface area contributed by atoms with Crippen LogP contribution in [0.15, 0.2) is 49.6 Å². The van der Waals surface area contributed by atoms with Crippen molar-refractivity contribution in [2.45, 2.75) is 57.9 Å². The van der Waals surface area contributed by atoms with E-state index in [1.54, 1.807) is 6.08 Å². The van der Waals surface area contributed by atoms with Crippen LogP contribution in [0, 0.1) is 18.6 Å². The topological polar surface area (TPSA) is 84.9 Å². The number of hydrogen-bond acceptors (Lipinski definition) is 5. The molecule has 0 fully saturated rings. The molecule has 2 N–H and O–H groups in total. The molecule has 11 heteroatoms. The normalized spacial score (nSPS) is 12.8. The quantitative estimate of drug-likeness (QED) is 0.120. The van der Waals surface area contributed by atoms with Gasteiger partial charge in [-0.2, -0.15) is 13.2 Å². The number of esters is 1. The zero-order chi connectivity index (χ0) is 30.0. The standard InChI is InChI=1S/C29H32F5NO5/c1-5-8-9-11-40-24-15-19(30)12-17(4)26(24)18-13-20(27(31)21(14-18)29(32,33)34)22(16-25(37)39-7-3)35-28(38)23(36)10-6-2/h5-6,12-15,22-23,36H,1-2,7-11,16H2,3-4H3,(H,35,38)/t22-,23+/m0/s1. The Morgan fingerprint density at radius 3 is 2.42 bits per heavy atom. The van der Waals surface area contributed by atoms with Crippen LogP contribution in [0.3, 0.4) is 0 Å². The van der Waals surface area contributed by atoms with Gasteiger partial charge in [-0.1, -0.05) is 12.2 Å². The summed E-state index contributed by atoms with van der Waals surface area (Å²) in [7, 11) is 0. The average Bonchev–Trinajstić information content (AvgIpc) is 2.86. The average molecular weight is 570 g/mol. The van der Waals surface area contributed by atoms with Gasteiger partial charge in [-0.3, -0.25) is 9.59 Å². The largest absolute Gasteiger partial charge is 0.493 e. The molecule has 2 atom stereocenters. The molecule has 2 aromatic rings. The third kappa shape index (κ3) is 8.64. The van der Waals surface area contributed by atoms with Crippen molar-refractivity contribution in [3.05, 3.63) is 77.9 Å². The summed E-state index contributed by atoms with van der Waals surface area (Å²) >= 11 is 0. The molecule has 0 aromatic heterocycles. The predicted molar refractivity (Wildman–Crippen MR) is 139 cm³/mol. The highest BCUT2D eigenvalue weighted by molar-refractivity contribution is 5.82. The molecule has 0 heterocycles. The number of aryl methyl sites for hydroxylation is 1. The number of alkyl halides is 3. The van der Waals surface area contributed by atoms with Crippen molar-refractivity contribution < 1.29 is 46.1 Å². The summed E-state index contributed by atoms with van der Waals surface area (Å²) < 4.78 is 82.5. The number of halogens is 5. The number of unbranched alkanes of at least 4 members (excludes halogenated alkanes) is 1. The Kier molecular flexibility index (Phi) is 11.9. The SMILES string of the molecule is C=CCCCOc1cc(F)cc(C)c1-c1cc([C@H](CC(=O)OCC)NC(=O)[C@H](O)CC=C)c(F)c(C(F)(F)F)c1. The Bertz CT molecular complexity index is 1230. The van der Waals surface area contributed by atoms with Crippen molar-refractivity contribution in [3.63, 3.8) is 0 Å². The van der Waals surface area contributed by atoms with E-state index in [4.69, 9.17) is 9.47 Å². The minimum absolute atomic E-state index is 0.0691. The van der Waals surface area contributed by atoms with Crippen LogP contribution >= 0.6 is 0 Å². The second-order valence-corrected chi connectivity index (χ2v) is 8.91. The van der Waals surface area contributed by atoms with Crippen LogP contribution in [0.2, 0.25) is 0 Å². The van der Waals surface area contributed by atoms with Crippen LogP contribution < -0.4 is 10.1 Å². The first-order valence-corrected chi connectivity index (χ1v) is 12.5. The molecule has 1 amide bonds. The predicted octanol–water partition coefficient (Wildman–Crippen LogP) is 6.35. The Labute approximate surface area is 229 Å². The molecule has 2 aromatic carbocycles. The monoisotopic (exact) mass is 569 g/mol. The molecule has 2 rings (SSSR count). The van der Waals surface area contributed by atoms with Crippen LogP contribution in [-0.4, -0.2) is 36.3 Å². The molecule has 0 unspecified atom stereocenters. The number of ether oxygens (including phenoxy) is 2. The van der Waals surface area contributed by atoms with Crippen LogP contribution in [-0.2, 0) is 20.5 Å².